The SMILES string of the molecule is c1ccc([P]C2CCCC2)cc1. The lowest BCUT2D eigenvalue weighted by Crippen LogP contribution is -2.00. The van der Waals surface area contributed by atoms with E-state index in [4.69, 9.17) is 0 Å². The van der Waals surface area contributed by atoms with Crippen molar-refractivity contribution in [1.29, 1.82) is 0 Å². The van der Waals surface area contributed by atoms with Crippen molar-refractivity contribution >= 4 is 13.9 Å². The Kier molecular flexibility index (Phi) is 2.79. The highest BCUT2D eigenvalue weighted by Gasteiger charge is 2.15. The summed E-state index contributed by atoms with van der Waals surface area (Å²) in [4.78, 5) is 0. The highest BCUT2D eigenvalue weighted by molar-refractivity contribution is 7.48. The van der Waals surface area contributed by atoms with Gasteiger partial charge in [-0.15, -0.1) is 0 Å². The summed E-state index contributed by atoms with van der Waals surface area (Å²) in [5, 5.41) is 1.49. The van der Waals surface area contributed by atoms with E-state index < -0.39 is 0 Å². The van der Waals surface area contributed by atoms with Crippen LogP contribution in [0.4, 0.5) is 0 Å². The number of rotatable bonds is 2. The van der Waals surface area contributed by atoms with E-state index in [0.29, 0.717) is 0 Å². The molecule has 0 unspecified atom stereocenters. The van der Waals surface area contributed by atoms with Gasteiger partial charge in [0.15, 0.2) is 0 Å². The lowest BCUT2D eigenvalue weighted by Gasteiger charge is -2.06. The van der Waals surface area contributed by atoms with E-state index in [-0.39, 0.29) is 0 Å². The zero-order valence-corrected chi connectivity index (χ0v) is 8.13. The molecular formula is C11H14P. The van der Waals surface area contributed by atoms with Gasteiger partial charge in [0.2, 0.25) is 0 Å². The van der Waals surface area contributed by atoms with Crippen molar-refractivity contribution < 1.29 is 0 Å². The molecule has 1 aromatic carbocycles. The van der Waals surface area contributed by atoms with Crippen LogP contribution in [-0.2, 0) is 0 Å². The molecule has 0 aromatic heterocycles. The minimum atomic E-state index is 0.951. The molecule has 2 rings (SSSR count). The fourth-order valence-electron chi connectivity index (χ4n) is 1.76. The van der Waals surface area contributed by atoms with Crippen LogP contribution in [-0.4, -0.2) is 5.66 Å². The summed E-state index contributed by atoms with van der Waals surface area (Å²) in [6, 6.07) is 10.8. The van der Waals surface area contributed by atoms with Gasteiger partial charge in [-0.05, 0) is 32.4 Å². The molecule has 0 bridgehead atoms. The summed E-state index contributed by atoms with van der Waals surface area (Å²) in [7, 11) is 1.55. The van der Waals surface area contributed by atoms with Gasteiger partial charge in [0.25, 0.3) is 0 Å². The van der Waals surface area contributed by atoms with Gasteiger partial charge in [-0.3, -0.25) is 0 Å². The minimum Gasteiger partial charge on any atom is -0.0622 e. The molecule has 1 aliphatic rings. The van der Waals surface area contributed by atoms with Gasteiger partial charge in [0.1, 0.15) is 0 Å². The molecule has 0 saturated heterocycles. The van der Waals surface area contributed by atoms with E-state index in [0.717, 1.165) is 5.66 Å². The van der Waals surface area contributed by atoms with Crippen LogP contribution in [0.3, 0.4) is 0 Å². The summed E-state index contributed by atoms with van der Waals surface area (Å²) in [5.41, 5.74) is 0.951. The lowest BCUT2D eigenvalue weighted by atomic mass is 10.4. The largest absolute Gasteiger partial charge is 0.0622 e. The maximum absolute atomic E-state index is 2.24. The Hall–Kier alpha value is -0.350. The standard InChI is InChI=1S/C11H14P/c1-2-6-10(7-3-1)12-11-8-4-5-9-11/h1-3,6-7,11H,4-5,8-9H2. The van der Waals surface area contributed by atoms with Crippen LogP contribution in [0.15, 0.2) is 30.3 Å². The average Bonchev–Trinajstić information content (AvgIpc) is 2.59. The fraction of sp³-hybridized carbons (Fsp3) is 0.455. The van der Waals surface area contributed by atoms with Crippen molar-refractivity contribution in [2.45, 2.75) is 31.3 Å². The first-order chi connectivity index (χ1) is 5.95. The van der Waals surface area contributed by atoms with Gasteiger partial charge < -0.3 is 0 Å². The minimum absolute atomic E-state index is 0.951. The lowest BCUT2D eigenvalue weighted by molar-refractivity contribution is 0.886. The van der Waals surface area contributed by atoms with Crippen molar-refractivity contribution in [3.05, 3.63) is 30.3 Å². The quantitative estimate of drug-likeness (QED) is 0.608. The summed E-state index contributed by atoms with van der Waals surface area (Å²) >= 11 is 0. The predicted octanol–water partition coefficient (Wildman–Crippen LogP) is 3.20. The number of hydrogen-bond acceptors (Lipinski definition) is 0. The molecule has 1 aliphatic carbocycles. The Balaban J connectivity index is 1.94. The van der Waals surface area contributed by atoms with Crippen LogP contribution in [0.2, 0.25) is 0 Å². The topological polar surface area (TPSA) is 0 Å². The normalized spacial score (nSPS) is 19.3. The average molecular weight is 177 g/mol. The van der Waals surface area contributed by atoms with Gasteiger partial charge in [0.05, 0.1) is 0 Å². The second-order valence-electron chi connectivity index (χ2n) is 3.40. The highest BCUT2D eigenvalue weighted by Crippen LogP contribution is 2.33. The molecule has 0 amide bonds. The Morgan fingerprint density at radius 3 is 2.33 bits per heavy atom. The maximum Gasteiger partial charge on any atom is -0.0127 e. The number of hydrogen-bond donors (Lipinski definition) is 0. The van der Waals surface area contributed by atoms with Gasteiger partial charge in [-0.25, -0.2) is 0 Å². The Morgan fingerprint density at radius 2 is 1.67 bits per heavy atom. The fourth-order valence-corrected chi connectivity index (χ4v) is 3.15. The number of benzene rings is 1. The van der Waals surface area contributed by atoms with E-state index in [1.807, 2.05) is 0 Å². The summed E-state index contributed by atoms with van der Waals surface area (Å²) in [6.45, 7) is 0. The van der Waals surface area contributed by atoms with Gasteiger partial charge >= 0.3 is 0 Å². The molecule has 0 N–H and O–H groups in total. The highest BCUT2D eigenvalue weighted by atomic mass is 31.1. The zero-order chi connectivity index (χ0) is 8.23. The Labute approximate surface area is 76.2 Å². The smallest absolute Gasteiger partial charge is 0.0127 e. The Bertz CT molecular complexity index is 224. The second-order valence-corrected chi connectivity index (χ2v) is 4.91. The van der Waals surface area contributed by atoms with Crippen LogP contribution >= 0.6 is 8.58 Å². The summed E-state index contributed by atoms with van der Waals surface area (Å²) < 4.78 is 0. The molecule has 1 heteroatoms. The van der Waals surface area contributed by atoms with Crippen LogP contribution in [0, 0.1) is 0 Å². The van der Waals surface area contributed by atoms with E-state index in [1.54, 1.807) is 8.58 Å². The summed E-state index contributed by atoms with van der Waals surface area (Å²) in [6.07, 6.45) is 5.78. The first kappa shape index (κ1) is 8.26. The maximum atomic E-state index is 2.24. The van der Waals surface area contributed by atoms with Gasteiger partial charge in [-0.2, -0.15) is 0 Å². The summed E-state index contributed by atoms with van der Waals surface area (Å²) in [5.74, 6) is 0. The molecule has 1 aromatic rings. The van der Waals surface area contributed by atoms with Gasteiger partial charge in [-0.1, -0.05) is 43.2 Å². The van der Waals surface area contributed by atoms with Crippen molar-refractivity contribution in [1.82, 2.24) is 0 Å². The molecule has 1 radical (unpaired) electrons. The van der Waals surface area contributed by atoms with Crippen LogP contribution < -0.4 is 5.30 Å². The third-order valence-electron chi connectivity index (χ3n) is 2.41. The van der Waals surface area contributed by atoms with E-state index >= 15 is 0 Å². The van der Waals surface area contributed by atoms with E-state index in [9.17, 15) is 0 Å². The molecule has 0 aliphatic heterocycles. The Morgan fingerprint density at radius 1 is 1.00 bits per heavy atom. The molecule has 1 fully saturated rings. The van der Waals surface area contributed by atoms with E-state index in [2.05, 4.69) is 30.3 Å². The van der Waals surface area contributed by atoms with Crippen LogP contribution in [0.1, 0.15) is 25.7 Å². The van der Waals surface area contributed by atoms with E-state index in [1.165, 1.54) is 31.0 Å². The third-order valence-corrected chi connectivity index (χ3v) is 3.89. The van der Waals surface area contributed by atoms with Crippen LogP contribution in [0.5, 0.6) is 0 Å². The molecule has 0 heterocycles. The monoisotopic (exact) mass is 177 g/mol. The first-order valence-electron chi connectivity index (χ1n) is 4.71. The molecule has 12 heavy (non-hydrogen) atoms. The molecular weight excluding hydrogens is 163 g/mol. The predicted molar refractivity (Wildman–Crippen MR) is 55.3 cm³/mol. The molecule has 0 atom stereocenters. The third kappa shape index (κ3) is 2.08. The molecule has 1 saturated carbocycles. The van der Waals surface area contributed by atoms with Crippen molar-refractivity contribution in [2.24, 2.45) is 0 Å². The van der Waals surface area contributed by atoms with Gasteiger partial charge in [0, 0.05) is 0 Å². The van der Waals surface area contributed by atoms with Crippen LogP contribution in [0.25, 0.3) is 0 Å². The molecule has 0 spiro atoms. The molecule has 63 valence electrons. The van der Waals surface area contributed by atoms with Crippen molar-refractivity contribution in [3.63, 3.8) is 0 Å². The van der Waals surface area contributed by atoms with Crippen molar-refractivity contribution in [3.8, 4) is 0 Å². The zero-order valence-electron chi connectivity index (χ0n) is 7.24. The molecule has 0 nitrogen and oxygen atoms in total. The van der Waals surface area contributed by atoms with Crippen molar-refractivity contribution in [2.75, 3.05) is 0 Å². The first-order valence-corrected chi connectivity index (χ1v) is 5.67. The second kappa shape index (κ2) is 4.05.